The van der Waals surface area contributed by atoms with E-state index >= 15 is 0 Å². The summed E-state index contributed by atoms with van der Waals surface area (Å²) in [6.45, 7) is 6.20. The van der Waals surface area contributed by atoms with Crippen molar-refractivity contribution >= 4 is 11.9 Å². The monoisotopic (exact) mass is 699 g/mol. The van der Waals surface area contributed by atoms with Gasteiger partial charge in [-0.3, -0.25) is 9.59 Å². The van der Waals surface area contributed by atoms with Crippen LogP contribution in [0.25, 0.3) is 0 Å². The zero-order valence-corrected chi connectivity index (χ0v) is 32.2. The van der Waals surface area contributed by atoms with E-state index in [9.17, 15) is 19.8 Å². The molecule has 0 aromatic carbocycles. The Morgan fingerprint density at radius 3 is 1.72 bits per heavy atom. The number of rotatable bonds is 34. The minimum absolute atomic E-state index is 0.119. The Kier molecular flexibility index (Phi) is 35.5. The zero-order valence-electron chi connectivity index (χ0n) is 32.2. The molecule has 0 saturated heterocycles. The summed E-state index contributed by atoms with van der Waals surface area (Å²) in [7, 11) is 0. The van der Waals surface area contributed by atoms with Crippen LogP contribution in [0.1, 0.15) is 162 Å². The quantitative estimate of drug-likeness (QED) is 0.0301. The van der Waals surface area contributed by atoms with E-state index in [-0.39, 0.29) is 31.6 Å². The second-order valence-electron chi connectivity index (χ2n) is 13.7. The van der Waals surface area contributed by atoms with E-state index < -0.39 is 12.2 Å². The Morgan fingerprint density at radius 2 is 1.16 bits per heavy atom. The van der Waals surface area contributed by atoms with E-state index in [0.29, 0.717) is 19.3 Å². The summed E-state index contributed by atoms with van der Waals surface area (Å²) in [5, 5.41) is 19.3. The number of aliphatic hydroxyl groups excluding tert-OH is 2. The lowest BCUT2D eigenvalue weighted by atomic mass is 10.0. The van der Waals surface area contributed by atoms with Gasteiger partial charge in [-0.15, -0.1) is 0 Å². The molecule has 0 amide bonds. The fourth-order valence-corrected chi connectivity index (χ4v) is 5.26. The molecular formula is C44H74O6. The van der Waals surface area contributed by atoms with Gasteiger partial charge in [0.1, 0.15) is 6.61 Å². The lowest BCUT2D eigenvalue weighted by Gasteiger charge is -2.15. The smallest absolute Gasteiger partial charge is 0.306 e. The van der Waals surface area contributed by atoms with Crippen LogP contribution in [0.2, 0.25) is 0 Å². The topological polar surface area (TPSA) is 93.1 Å². The zero-order chi connectivity index (χ0) is 36.8. The van der Waals surface area contributed by atoms with Crippen LogP contribution in [0, 0.1) is 5.92 Å². The predicted molar refractivity (Wildman–Crippen MR) is 211 cm³/mol. The van der Waals surface area contributed by atoms with Gasteiger partial charge in [0.15, 0.2) is 6.10 Å². The fraction of sp³-hybridized carbons (Fsp3) is 0.682. The van der Waals surface area contributed by atoms with Gasteiger partial charge >= 0.3 is 11.9 Å². The Morgan fingerprint density at radius 1 is 0.620 bits per heavy atom. The molecule has 2 N–H and O–H groups in total. The van der Waals surface area contributed by atoms with E-state index in [1.807, 2.05) is 30.4 Å². The molecule has 0 saturated carbocycles. The molecule has 0 aliphatic rings. The maximum Gasteiger partial charge on any atom is 0.306 e. The van der Waals surface area contributed by atoms with Crippen LogP contribution in [0.15, 0.2) is 72.9 Å². The van der Waals surface area contributed by atoms with Crippen LogP contribution in [-0.2, 0) is 19.1 Å². The fourth-order valence-electron chi connectivity index (χ4n) is 5.26. The summed E-state index contributed by atoms with van der Waals surface area (Å²) in [6.07, 6.45) is 45.9. The molecule has 0 spiro atoms. The van der Waals surface area contributed by atoms with Crippen molar-refractivity contribution in [3.63, 3.8) is 0 Å². The van der Waals surface area contributed by atoms with Gasteiger partial charge in [0.2, 0.25) is 0 Å². The number of allylic oxidation sites excluding steroid dienone is 10. The van der Waals surface area contributed by atoms with Gasteiger partial charge in [-0.05, 0) is 50.9 Å². The SMILES string of the molecule is CC/C=C\CC(O)/C=C/C=C/C/C=C\C/C=C\C/C=C\CCC(=O)OC[C@H](CO)OC(=O)CCCCCCCCCCCCCCCC(C)C. The van der Waals surface area contributed by atoms with E-state index in [2.05, 4.69) is 57.2 Å². The molecule has 2 atom stereocenters. The van der Waals surface area contributed by atoms with Crippen molar-refractivity contribution in [2.24, 2.45) is 5.92 Å². The van der Waals surface area contributed by atoms with E-state index in [1.165, 1.54) is 70.6 Å². The van der Waals surface area contributed by atoms with Crippen molar-refractivity contribution in [3.05, 3.63) is 72.9 Å². The standard InChI is InChI=1S/C44H74O6/c1-4-5-28-34-41(46)35-30-25-21-17-13-9-7-10-14-18-22-26-31-36-43(47)49-39-42(38-45)50-44(48)37-32-27-23-19-15-11-6-8-12-16-20-24-29-33-40(2)3/h5,9-10,13-14,21-22,25-26,28,30,35,40-42,45-46H,4,6-8,11-12,15-20,23-24,27,29,31-34,36-39H2,1-3H3/b13-9-,14-10-,25-21+,26-22-,28-5-,35-30+/t41?,42-/m0/s1. The van der Waals surface area contributed by atoms with Crippen LogP contribution < -0.4 is 0 Å². The summed E-state index contributed by atoms with van der Waals surface area (Å²) in [5.74, 6) is 0.124. The molecule has 286 valence electrons. The highest BCUT2D eigenvalue weighted by atomic mass is 16.6. The van der Waals surface area contributed by atoms with Crippen molar-refractivity contribution in [1.82, 2.24) is 0 Å². The van der Waals surface area contributed by atoms with Gasteiger partial charge in [0, 0.05) is 12.8 Å². The summed E-state index contributed by atoms with van der Waals surface area (Å²) in [5.41, 5.74) is 0. The van der Waals surface area contributed by atoms with Crippen molar-refractivity contribution in [2.45, 2.75) is 174 Å². The Labute approximate surface area is 306 Å². The molecule has 1 unspecified atom stereocenters. The summed E-state index contributed by atoms with van der Waals surface area (Å²) in [4.78, 5) is 24.2. The number of carbonyl (C=O) groups is 2. The Hall–Kier alpha value is -2.70. The van der Waals surface area contributed by atoms with E-state index in [4.69, 9.17) is 9.47 Å². The third-order valence-corrected chi connectivity index (χ3v) is 8.29. The second-order valence-corrected chi connectivity index (χ2v) is 13.7. The van der Waals surface area contributed by atoms with Crippen molar-refractivity contribution in [2.75, 3.05) is 13.2 Å². The largest absolute Gasteiger partial charge is 0.462 e. The van der Waals surface area contributed by atoms with Crippen molar-refractivity contribution in [3.8, 4) is 0 Å². The summed E-state index contributed by atoms with van der Waals surface area (Å²) < 4.78 is 10.5. The van der Waals surface area contributed by atoms with Crippen LogP contribution in [0.5, 0.6) is 0 Å². The van der Waals surface area contributed by atoms with E-state index in [1.54, 1.807) is 6.08 Å². The van der Waals surface area contributed by atoms with Crippen LogP contribution in [0.3, 0.4) is 0 Å². The second kappa shape index (κ2) is 37.6. The number of unbranched alkanes of at least 4 members (excludes halogenated alkanes) is 12. The summed E-state index contributed by atoms with van der Waals surface area (Å²) in [6, 6.07) is 0. The predicted octanol–water partition coefficient (Wildman–Crippen LogP) is 11.4. The van der Waals surface area contributed by atoms with Gasteiger partial charge in [0.05, 0.1) is 12.7 Å². The third kappa shape index (κ3) is 36.6. The molecule has 0 heterocycles. The van der Waals surface area contributed by atoms with Crippen LogP contribution >= 0.6 is 0 Å². The number of ether oxygens (including phenoxy) is 2. The Bertz CT molecular complexity index is 958. The first-order valence-corrected chi connectivity index (χ1v) is 20.0. The molecule has 0 aromatic heterocycles. The molecule has 0 rings (SSSR count). The first-order valence-electron chi connectivity index (χ1n) is 20.0. The molecule has 50 heavy (non-hydrogen) atoms. The average molecular weight is 699 g/mol. The van der Waals surface area contributed by atoms with E-state index in [0.717, 1.165) is 50.9 Å². The molecule has 0 radical (unpaired) electrons. The molecule has 0 aliphatic carbocycles. The molecular weight excluding hydrogens is 624 g/mol. The lowest BCUT2D eigenvalue weighted by Crippen LogP contribution is -2.28. The first-order chi connectivity index (χ1) is 24.4. The highest BCUT2D eigenvalue weighted by molar-refractivity contribution is 5.70. The van der Waals surface area contributed by atoms with Crippen LogP contribution in [-0.4, -0.2) is 47.6 Å². The number of aliphatic hydroxyl groups is 2. The third-order valence-electron chi connectivity index (χ3n) is 8.29. The van der Waals surface area contributed by atoms with Gasteiger partial charge in [0.25, 0.3) is 0 Å². The number of carbonyl (C=O) groups excluding carboxylic acids is 2. The molecule has 6 heteroatoms. The molecule has 0 bridgehead atoms. The van der Waals surface area contributed by atoms with Gasteiger partial charge in [-0.2, -0.15) is 0 Å². The maximum atomic E-state index is 12.2. The number of hydrogen-bond donors (Lipinski definition) is 2. The minimum atomic E-state index is -0.814. The normalized spacial score (nSPS) is 13.7. The molecule has 6 nitrogen and oxygen atoms in total. The number of hydrogen-bond acceptors (Lipinski definition) is 6. The lowest BCUT2D eigenvalue weighted by molar-refractivity contribution is -0.161. The highest BCUT2D eigenvalue weighted by Gasteiger charge is 2.15. The Balaban J connectivity index is 3.74. The first kappa shape index (κ1) is 47.3. The molecule has 0 aromatic rings. The number of esters is 2. The molecule has 0 fully saturated rings. The van der Waals surface area contributed by atoms with Gasteiger partial charge < -0.3 is 19.7 Å². The minimum Gasteiger partial charge on any atom is -0.462 e. The average Bonchev–Trinajstić information content (AvgIpc) is 3.09. The van der Waals surface area contributed by atoms with Gasteiger partial charge in [-0.25, -0.2) is 0 Å². The van der Waals surface area contributed by atoms with Crippen molar-refractivity contribution in [1.29, 1.82) is 0 Å². The van der Waals surface area contributed by atoms with Gasteiger partial charge in [-0.1, -0.05) is 177 Å². The van der Waals surface area contributed by atoms with Crippen LogP contribution in [0.4, 0.5) is 0 Å². The van der Waals surface area contributed by atoms with Crippen molar-refractivity contribution < 1.29 is 29.3 Å². The summed E-state index contributed by atoms with van der Waals surface area (Å²) >= 11 is 0. The maximum absolute atomic E-state index is 12.2. The molecule has 0 aliphatic heterocycles. The highest BCUT2D eigenvalue weighted by Crippen LogP contribution is 2.15.